The van der Waals surface area contributed by atoms with Gasteiger partial charge in [0.1, 0.15) is 5.75 Å². The third-order valence-electron chi connectivity index (χ3n) is 4.53. The molecule has 0 saturated heterocycles. The van der Waals surface area contributed by atoms with Gasteiger partial charge in [-0.25, -0.2) is 0 Å². The Balaban J connectivity index is 2.03. The molecule has 2 heteroatoms. The Labute approximate surface area is 135 Å². The quantitative estimate of drug-likeness (QED) is 0.657. The van der Waals surface area contributed by atoms with Gasteiger partial charge < -0.3 is 4.74 Å². The number of aryl methyl sites for hydroxylation is 1. The number of benzene rings is 2. The largest absolute Gasteiger partial charge is 0.492 e. The molecule has 1 heterocycles. The highest BCUT2D eigenvalue weighted by Gasteiger charge is 2.32. The number of hydrogen-bond donors (Lipinski definition) is 0. The maximum Gasteiger partial charge on any atom is 0.123 e. The molecule has 21 heavy (non-hydrogen) atoms. The molecule has 0 radical (unpaired) electrons. The Kier molecular flexibility index (Phi) is 3.61. The standard InChI is InChI=1S/C19H21BrO/c1-12-6-5-7-15(13(12)2)18(20)14-8-9-17-16(10-14)19(3,4)11-21-17/h5-10,18H,11H2,1-4H3. The van der Waals surface area contributed by atoms with E-state index in [1.54, 1.807) is 0 Å². The van der Waals surface area contributed by atoms with Gasteiger partial charge in [0.05, 0.1) is 11.4 Å². The first-order valence-corrected chi connectivity index (χ1v) is 8.29. The molecule has 1 aliphatic heterocycles. The number of fused-ring (bicyclic) bond motifs is 1. The van der Waals surface area contributed by atoms with Crippen molar-refractivity contribution in [1.29, 1.82) is 0 Å². The number of alkyl halides is 1. The lowest BCUT2D eigenvalue weighted by Crippen LogP contribution is -2.18. The van der Waals surface area contributed by atoms with Crippen LogP contribution >= 0.6 is 15.9 Å². The average Bonchev–Trinajstić information content (AvgIpc) is 2.76. The van der Waals surface area contributed by atoms with Crippen LogP contribution in [0.15, 0.2) is 36.4 Å². The van der Waals surface area contributed by atoms with Crippen molar-refractivity contribution in [2.75, 3.05) is 6.61 Å². The molecular weight excluding hydrogens is 324 g/mol. The van der Waals surface area contributed by atoms with Gasteiger partial charge in [-0.2, -0.15) is 0 Å². The summed E-state index contributed by atoms with van der Waals surface area (Å²) >= 11 is 3.88. The monoisotopic (exact) mass is 344 g/mol. The lowest BCUT2D eigenvalue weighted by molar-refractivity contribution is 0.291. The highest BCUT2D eigenvalue weighted by atomic mass is 79.9. The van der Waals surface area contributed by atoms with Crippen molar-refractivity contribution in [2.45, 2.75) is 37.9 Å². The van der Waals surface area contributed by atoms with E-state index in [1.165, 1.54) is 27.8 Å². The van der Waals surface area contributed by atoms with Gasteiger partial charge in [0.2, 0.25) is 0 Å². The normalized spacial score (nSPS) is 17.2. The summed E-state index contributed by atoms with van der Waals surface area (Å²) in [7, 11) is 0. The number of halogens is 1. The van der Waals surface area contributed by atoms with Gasteiger partial charge in [-0.3, -0.25) is 0 Å². The lowest BCUT2D eigenvalue weighted by Gasteiger charge is -2.19. The first-order valence-electron chi connectivity index (χ1n) is 7.37. The fourth-order valence-corrected chi connectivity index (χ4v) is 3.70. The molecule has 0 fully saturated rings. The summed E-state index contributed by atoms with van der Waals surface area (Å²) in [6.45, 7) is 9.60. The summed E-state index contributed by atoms with van der Waals surface area (Å²) in [6.07, 6.45) is 0. The molecule has 1 nitrogen and oxygen atoms in total. The van der Waals surface area contributed by atoms with Crippen molar-refractivity contribution in [3.63, 3.8) is 0 Å². The van der Waals surface area contributed by atoms with E-state index in [2.05, 4.69) is 80.0 Å². The van der Waals surface area contributed by atoms with Crippen molar-refractivity contribution in [1.82, 2.24) is 0 Å². The first-order chi connectivity index (χ1) is 9.90. The van der Waals surface area contributed by atoms with E-state index in [1.807, 2.05) is 0 Å². The Morgan fingerprint density at radius 1 is 1.14 bits per heavy atom. The Hall–Kier alpha value is -1.28. The van der Waals surface area contributed by atoms with Gasteiger partial charge in [0, 0.05) is 11.0 Å². The second-order valence-corrected chi connectivity index (χ2v) is 7.50. The zero-order valence-corrected chi connectivity index (χ0v) is 14.6. The van der Waals surface area contributed by atoms with Gasteiger partial charge in [-0.05, 0) is 48.2 Å². The van der Waals surface area contributed by atoms with Crippen molar-refractivity contribution < 1.29 is 4.74 Å². The van der Waals surface area contributed by atoms with Crippen LogP contribution in [0, 0.1) is 13.8 Å². The summed E-state index contributed by atoms with van der Waals surface area (Å²) in [4.78, 5) is 0.221. The molecule has 0 spiro atoms. The van der Waals surface area contributed by atoms with Crippen molar-refractivity contribution in [3.8, 4) is 5.75 Å². The van der Waals surface area contributed by atoms with Crippen LogP contribution in [0.1, 0.15) is 46.5 Å². The van der Waals surface area contributed by atoms with Crippen LogP contribution in [0.25, 0.3) is 0 Å². The average molecular weight is 345 g/mol. The first kappa shape index (κ1) is 14.6. The second kappa shape index (κ2) is 5.17. The predicted octanol–water partition coefficient (Wildman–Crippen LogP) is 5.46. The van der Waals surface area contributed by atoms with Crippen molar-refractivity contribution in [3.05, 3.63) is 64.2 Å². The van der Waals surface area contributed by atoms with Crippen LogP contribution in [0.3, 0.4) is 0 Å². The molecule has 1 atom stereocenters. The lowest BCUT2D eigenvalue weighted by atomic mass is 9.85. The summed E-state index contributed by atoms with van der Waals surface area (Å²) in [5.74, 6) is 1.03. The van der Waals surface area contributed by atoms with Crippen LogP contribution in [-0.4, -0.2) is 6.61 Å². The summed E-state index contributed by atoms with van der Waals surface area (Å²) in [5.41, 5.74) is 6.74. The van der Waals surface area contributed by atoms with Crippen LogP contribution in [0.5, 0.6) is 5.75 Å². The molecule has 1 aliphatic rings. The minimum atomic E-state index is 0.0969. The molecule has 110 valence electrons. The van der Waals surface area contributed by atoms with E-state index >= 15 is 0 Å². The zero-order chi connectivity index (χ0) is 15.2. The SMILES string of the molecule is Cc1cccc(C(Br)c2ccc3c(c2)C(C)(C)CO3)c1C. The molecule has 0 aliphatic carbocycles. The van der Waals surface area contributed by atoms with E-state index in [0.717, 1.165) is 12.4 Å². The van der Waals surface area contributed by atoms with Crippen molar-refractivity contribution >= 4 is 15.9 Å². The predicted molar refractivity (Wildman–Crippen MR) is 91.6 cm³/mol. The molecule has 1 unspecified atom stereocenters. The number of ether oxygens (including phenoxy) is 1. The minimum absolute atomic E-state index is 0.0969. The molecule has 3 rings (SSSR count). The fraction of sp³-hybridized carbons (Fsp3) is 0.368. The third kappa shape index (κ3) is 2.50. The molecule has 2 aromatic rings. The van der Waals surface area contributed by atoms with Gasteiger partial charge in [-0.1, -0.05) is 54.0 Å². The molecule has 0 N–H and O–H groups in total. The van der Waals surface area contributed by atoms with E-state index in [-0.39, 0.29) is 10.2 Å². The number of hydrogen-bond acceptors (Lipinski definition) is 1. The smallest absolute Gasteiger partial charge is 0.123 e. The Morgan fingerprint density at radius 3 is 2.67 bits per heavy atom. The zero-order valence-electron chi connectivity index (χ0n) is 13.0. The van der Waals surface area contributed by atoms with E-state index in [9.17, 15) is 0 Å². The maximum atomic E-state index is 5.78. The Morgan fingerprint density at radius 2 is 1.90 bits per heavy atom. The topological polar surface area (TPSA) is 9.23 Å². The van der Waals surface area contributed by atoms with Crippen molar-refractivity contribution in [2.24, 2.45) is 0 Å². The maximum absolute atomic E-state index is 5.78. The minimum Gasteiger partial charge on any atom is -0.492 e. The third-order valence-corrected chi connectivity index (χ3v) is 5.56. The fourth-order valence-electron chi connectivity index (χ4n) is 2.92. The summed E-state index contributed by atoms with van der Waals surface area (Å²) < 4.78 is 5.78. The molecule has 0 bridgehead atoms. The summed E-state index contributed by atoms with van der Waals surface area (Å²) in [6, 6.07) is 13.1. The van der Waals surface area contributed by atoms with E-state index < -0.39 is 0 Å². The molecule has 2 aromatic carbocycles. The van der Waals surface area contributed by atoms with Crippen LogP contribution in [0.4, 0.5) is 0 Å². The molecular formula is C19H21BrO. The van der Waals surface area contributed by atoms with Gasteiger partial charge in [0.25, 0.3) is 0 Å². The van der Waals surface area contributed by atoms with Crippen LogP contribution < -0.4 is 4.74 Å². The van der Waals surface area contributed by atoms with Gasteiger partial charge in [-0.15, -0.1) is 0 Å². The molecule has 0 amide bonds. The van der Waals surface area contributed by atoms with E-state index in [4.69, 9.17) is 4.74 Å². The second-order valence-electron chi connectivity index (χ2n) is 6.58. The Bertz CT molecular complexity index is 688. The van der Waals surface area contributed by atoms with E-state index in [0.29, 0.717) is 0 Å². The summed E-state index contributed by atoms with van der Waals surface area (Å²) in [5, 5.41) is 0. The van der Waals surface area contributed by atoms with Gasteiger partial charge >= 0.3 is 0 Å². The highest BCUT2D eigenvalue weighted by Crippen LogP contribution is 2.42. The molecule has 0 saturated carbocycles. The van der Waals surface area contributed by atoms with Crippen LogP contribution in [-0.2, 0) is 5.41 Å². The molecule has 0 aromatic heterocycles. The number of rotatable bonds is 2. The van der Waals surface area contributed by atoms with Crippen LogP contribution in [0.2, 0.25) is 0 Å². The highest BCUT2D eigenvalue weighted by molar-refractivity contribution is 9.09. The van der Waals surface area contributed by atoms with Gasteiger partial charge in [0.15, 0.2) is 0 Å².